The molecule has 0 bridgehead atoms. The van der Waals surface area contributed by atoms with Crippen LogP contribution in [-0.4, -0.2) is 63.1 Å². The summed E-state index contributed by atoms with van der Waals surface area (Å²) in [6, 6.07) is 0.586. The van der Waals surface area contributed by atoms with Crippen LogP contribution in [-0.2, 0) is 6.54 Å². The van der Waals surface area contributed by atoms with Crippen molar-refractivity contribution < 1.29 is 4.74 Å². The molecule has 0 spiro atoms. The Balaban J connectivity index is 1.33. The summed E-state index contributed by atoms with van der Waals surface area (Å²) >= 11 is 1.74. The molecular formula is C15H19N5OS. The van der Waals surface area contributed by atoms with Crippen molar-refractivity contribution in [2.24, 2.45) is 0 Å². The molecule has 2 aliphatic heterocycles. The second-order valence-electron chi connectivity index (χ2n) is 5.86. The van der Waals surface area contributed by atoms with Crippen LogP contribution in [0.5, 0.6) is 5.75 Å². The molecule has 0 aliphatic carbocycles. The maximum absolute atomic E-state index is 6.01. The van der Waals surface area contributed by atoms with Crippen LogP contribution in [0.25, 0.3) is 0 Å². The van der Waals surface area contributed by atoms with Crippen molar-refractivity contribution in [3.63, 3.8) is 0 Å². The molecule has 0 unspecified atom stereocenters. The van der Waals surface area contributed by atoms with E-state index in [1.807, 2.05) is 11.6 Å². The fourth-order valence-electron chi connectivity index (χ4n) is 3.35. The molecule has 116 valence electrons. The van der Waals surface area contributed by atoms with Crippen molar-refractivity contribution in [3.05, 3.63) is 35.3 Å². The smallest absolute Gasteiger partial charge is 0.156 e. The zero-order valence-corrected chi connectivity index (χ0v) is 13.2. The highest BCUT2D eigenvalue weighted by Crippen LogP contribution is 2.26. The molecule has 22 heavy (non-hydrogen) atoms. The summed E-state index contributed by atoms with van der Waals surface area (Å²) in [5.41, 5.74) is 0. The van der Waals surface area contributed by atoms with Crippen LogP contribution in [0.2, 0.25) is 0 Å². The molecule has 0 N–H and O–H groups in total. The van der Waals surface area contributed by atoms with Crippen molar-refractivity contribution in [1.82, 2.24) is 24.8 Å². The van der Waals surface area contributed by atoms with E-state index in [1.165, 1.54) is 11.3 Å². The summed E-state index contributed by atoms with van der Waals surface area (Å²) in [4.78, 5) is 17.5. The molecule has 2 aliphatic rings. The Morgan fingerprint density at radius 3 is 2.95 bits per heavy atom. The van der Waals surface area contributed by atoms with Crippen molar-refractivity contribution >= 4 is 11.3 Å². The van der Waals surface area contributed by atoms with E-state index >= 15 is 0 Å². The number of hydrogen-bond donors (Lipinski definition) is 0. The Bertz CT molecular complexity index is 593. The Kier molecular flexibility index (Phi) is 4.01. The minimum Gasteiger partial charge on any atom is -0.486 e. The van der Waals surface area contributed by atoms with Gasteiger partial charge < -0.3 is 4.74 Å². The van der Waals surface area contributed by atoms with Gasteiger partial charge in [0.25, 0.3) is 0 Å². The number of thiazole rings is 1. The fourth-order valence-corrected chi connectivity index (χ4v) is 4.01. The molecule has 0 saturated carbocycles. The summed E-state index contributed by atoms with van der Waals surface area (Å²) in [5, 5.41) is 3.26. The second-order valence-corrected chi connectivity index (χ2v) is 6.84. The first-order valence-corrected chi connectivity index (χ1v) is 8.51. The predicted molar refractivity (Wildman–Crippen MR) is 83.8 cm³/mol. The van der Waals surface area contributed by atoms with Gasteiger partial charge in [0.05, 0.1) is 18.9 Å². The van der Waals surface area contributed by atoms with E-state index in [1.54, 1.807) is 23.7 Å². The third-order valence-electron chi connectivity index (χ3n) is 4.34. The first kappa shape index (κ1) is 14.0. The molecule has 0 amide bonds. The van der Waals surface area contributed by atoms with Crippen molar-refractivity contribution in [3.8, 4) is 5.75 Å². The molecule has 2 fully saturated rings. The van der Waals surface area contributed by atoms with Crippen LogP contribution >= 0.6 is 11.3 Å². The van der Waals surface area contributed by atoms with Crippen LogP contribution in [0.3, 0.4) is 0 Å². The second kappa shape index (κ2) is 6.28. The van der Waals surface area contributed by atoms with Crippen LogP contribution < -0.4 is 4.74 Å². The average molecular weight is 317 g/mol. The quantitative estimate of drug-likeness (QED) is 0.846. The molecule has 7 heteroatoms. The first-order valence-electron chi connectivity index (χ1n) is 7.63. The van der Waals surface area contributed by atoms with E-state index in [4.69, 9.17) is 4.74 Å². The monoisotopic (exact) mass is 317 g/mol. The van der Waals surface area contributed by atoms with Gasteiger partial charge in [-0.3, -0.25) is 9.80 Å². The highest BCUT2D eigenvalue weighted by atomic mass is 32.1. The van der Waals surface area contributed by atoms with E-state index in [9.17, 15) is 0 Å². The number of piperazine rings is 1. The Morgan fingerprint density at radius 2 is 2.14 bits per heavy atom. The third kappa shape index (κ3) is 3.11. The summed E-state index contributed by atoms with van der Waals surface area (Å²) < 4.78 is 6.01. The predicted octanol–water partition coefficient (Wildman–Crippen LogP) is 1.27. The molecule has 0 aromatic carbocycles. The minimum absolute atomic E-state index is 0.246. The number of hydrogen-bond acceptors (Lipinski definition) is 7. The molecule has 2 aromatic heterocycles. The lowest BCUT2D eigenvalue weighted by Gasteiger charge is -2.36. The van der Waals surface area contributed by atoms with Crippen LogP contribution in [0.1, 0.15) is 11.4 Å². The molecule has 4 heterocycles. The molecule has 6 nitrogen and oxygen atoms in total. The number of nitrogens with zero attached hydrogens (tertiary/aromatic N) is 5. The number of fused-ring (bicyclic) bond motifs is 1. The van der Waals surface area contributed by atoms with Gasteiger partial charge >= 0.3 is 0 Å². The average Bonchev–Trinajstić information content (AvgIpc) is 3.17. The van der Waals surface area contributed by atoms with Crippen LogP contribution in [0.15, 0.2) is 30.3 Å². The summed E-state index contributed by atoms with van der Waals surface area (Å²) in [6.45, 7) is 5.30. The molecule has 0 radical (unpaired) electrons. The lowest BCUT2D eigenvalue weighted by molar-refractivity contribution is 0.0977. The molecule has 2 saturated heterocycles. The van der Waals surface area contributed by atoms with E-state index in [-0.39, 0.29) is 6.10 Å². The maximum atomic E-state index is 6.01. The van der Waals surface area contributed by atoms with Crippen molar-refractivity contribution in [2.75, 3.05) is 26.2 Å². The van der Waals surface area contributed by atoms with E-state index in [0.717, 1.165) is 44.9 Å². The summed E-state index contributed by atoms with van der Waals surface area (Å²) in [7, 11) is 0. The van der Waals surface area contributed by atoms with Crippen LogP contribution in [0, 0.1) is 0 Å². The zero-order valence-electron chi connectivity index (χ0n) is 12.3. The Morgan fingerprint density at radius 1 is 1.23 bits per heavy atom. The van der Waals surface area contributed by atoms with E-state index < -0.39 is 0 Å². The SMILES string of the molecule is c1ncc(O[C@@H]2C[C@@H]3CN(Cc4nccs4)CCN3C2)cn1. The maximum Gasteiger partial charge on any atom is 0.156 e. The largest absolute Gasteiger partial charge is 0.486 e. The van der Waals surface area contributed by atoms with Gasteiger partial charge in [-0.25, -0.2) is 15.0 Å². The summed E-state index contributed by atoms with van der Waals surface area (Å²) in [5.74, 6) is 0.770. The third-order valence-corrected chi connectivity index (χ3v) is 5.11. The minimum atomic E-state index is 0.246. The summed E-state index contributed by atoms with van der Waals surface area (Å²) in [6.07, 6.45) is 8.20. The van der Waals surface area contributed by atoms with Crippen LogP contribution in [0.4, 0.5) is 0 Å². The van der Waals surface area contributed by atoms with Gasteiger partial charge in [-0.1, -0.05) is 0 Å². The Hall–Kier alpha value is -1.57. The van der Waals surface area contributed by atoms with Crippen molar-refractivity contribution in [2.45, 2.75) is 25.1 Å². The Labute approximate surface area is 133 Å². The lowest BCUT2D eigenvalue weighted by Crippen LogP contribution is -2.49. The highest BCUT2D eigenvalue weighted by molar-refractivity contribution is 7.09. The highest BCUT2D eigenvalue weighted by Gasteiger charge is 2.37. The van der Waals surface area contributed by atoms with Gasteiger partial charge in [0.1, 0.15) is 17.4 Å². The molecular weight excluding hydrogens is 298 g/mol. The normalized spacial score (nSPS) is 26.0. The fraction of sp³-hybridized carbons (Fsp3) is 0.533. The lowest BCUT2D eigenvalue weighted by atomic mass is 10.1. The van der Waals surface area contributed by atoms with Gasteiger partial charge in [-0.2, -0.15) is 0 Å². The molecule has 2 atom stereocenters. The number of aromatic nitrogens is 3. The topological polar surface area (TPSA) is 54.4 Å². The van der Waals surface area contributed by atoms with Gasteiger partial charge in [0, 0.05) is 50.2 Å². The van der Waals surface area contributed by atoms with Gasteiger partial charge in [0.2, 0.25) is 0 Å². The van der Waals surface area contributed by atoms with Gasteiger partial charge in [-0.05, 0) is 0 Å². The number of rotatable bonds is 4. The molecule has 2 aromatic rings. The zero-order chi connectivity index (χ0) is 14.8. The molecule has 4 rings (SSSR count). The first-order chi connectivity index (χ1) is 10.9. The van der Waals surface area contributed by atoms with Crippen molar-refractivity contribution in [1.29, 1.82) is 0 Å². The van der Waals surface area contributed by atoms with Gasteiger partial charge in [0.15, 0.2) is 5.75 Å². The number of ether oxygens (including phenoxy) is 1. The van der Waals surface area contributed by atoms with E-state index in [0.29, 0.717) is 6.04 Å². The van der Waals surface area contributed by atoms with Gasteiger partial charge in [-0.15, -0.1) is 11.3 Å². The standard InChI is InChI=1S/C15H19N5OS/c1-4-22-15(18-1)10-19-2-3-20-9-13(5-12(20)8-19)21-14-6-16-11-17-7-14/h1,4,6-7,11-13H,2-3,5,8-10H2/t12-,13-/m1/s1. The van der Waals surface area contributed by atoms with E-state index in [2.05, 4.69) is 24.8 Å².